The van der Waals surface area contributed by atoms with Crippen LogP contribution in [0.5, 0.6) is 0 Å². The van der Waals surface area contributed by atoms with E-state index < -0.39 is 0 Å². The lowest BCUT2D eigenvalue weighted by Gasteiger charge is -2.31. The number of hydrogen-bond acceptors (Lipinski definition) is 2. The fourth-order valence-corrected chi connectivity index (χ4v) is 3.07. The Morgan fingerprint density at radius 3 is 2.82 bits per heavy atom. The Bertz CT molecular complexity index is 422. The summed E-state index contributed by atoms with van der Waals surface area (Å²) in [6.07, 6.45) is 0. The van der Waals surface area contributed by atoms with Crippen LogP contribution in [-0.2, 0) is 4.79 Å². The number of nitrogens with zero attached hydrogens (tertiary/aromatic N) is 1. The summed E-state index contributed by atoms with van der Waals surface area (Å²) in [5.74, 6) is 1.46. The number of alkyl halides is 1. The summed E-state index contributed by atoms with van der Waals surface area (Å²) in [5, 5.41) is 0. The number of benzene rings is 1. The standard InChI is InChI=1S/C13H16BrNOS/c1-9(2)12(14)13(16)15-7-8-17-11-6-4-3-5-10(11)15/h3-6,9,12H,7-8H2,1-2H3/t12-/m1/s1. The van der Waals surface area contributed by atoms with Gasteiger partial charge in [0.15, 0.2) is 0 Å². The minimum atomic E-state index is -0.0985. The predicted molar refractivity (Wildman–Crippen MR) is 77.1 cm³/mol. The van der Waals surface area contributed by atoms with Gasteiger partial charge in [0.1, 0.15) is 0 Å². The van der Waals surface area contributed by atoms with Gasteiger partial charge in [-0.15, -0.1) is 11.8 Å². The number of thioether (sulfide) groups is 1. The van der Waals surface area contributed by atoms with Gasteiger partial charge in [0.2, 0.25) is 5.91 Å². The SMILES string of the molecule is CC(C)[C@@H](Br)C(=O)N1CCSc2ccccc21. The number of anilines is 1. The van der Waals surface area contributed by atoms with Crippen molar-refractivity contribution in [3.63, 3.8) is 0 Å². The molecule has 0 spiro atoms. The first kappa shape index (κ1) is 13.0. The van der Waals surface area contributed by atoms with Crippen LogP contribution in [0.4, 0.5) is 5.69 Å². The number of fused-ring (bicyclic) bond motifs is 1. The Hall–Kier alpha value is -0.480. The van der Waals surface area contributed by atoms with Crippen LogP contribution in [0.1, 0.15) is 13.8 Å². The van der Waals surface area contributed by atoms with Crippen molar-refractivity contribution >= 4 is 39.3 Å². The van der Waals surface area contributed by atoms with E-state index in [-0.39, 0.29) is 10.7 Å². The molecule has 1 amide bonds. The molecule has 92 valence electrons. The largest absolute Gasteiger partial charge is 0.309 e. The van der Waals surface area contributed by atoms with Crippen molar-refractivity contribution in [3.8, 4) is 0 Å². The normalized spacial score (nSPS) is 16.8. The average Bonchev–Trinajstić information content (AvgIpc) is 2.36. The van der Waals surface area contributed by atoms with E-state index in [2.05, 4.69) is 35.8 Å². The van der Waals surface area contributed by atoms with E-state index in [1.54, 1.807) is 0 Å². The highest BCUT2D eigenvalue weighted by molar-refractivity contribution is 9.10. The second-order valence-electron chi connectivity index (χ2n) is 4.45. The molecule has 0 fully saturated rings. The second-order valence-corrected chi connectivity index (χ2v) is 6.58. The zero-order chi connectivity index (χ0) is 12.4. The van der Waals surface area contributed by atoms with Crippen molar-refractivity contribution in [3.05, 3.63) is 24.3 Å². The maximum Gasteiger partial charge on any atom is 0.241 e. The summed E-state index contributed by atoms with van der Waals surface area (Å²) in [6, 6.07) is 8.12. The Balaban J connectivity index is 2.27. The van der Waals surface area contributed by atoms with Gasteiger partial charge in [0, 0.05) is 17.2 Å². The van der Waals surface area contributed by atoms with Crippen LogP contribution >= 0.6 is 27.7 Å². The van der Waals surface area contributed by atoms with Crippen molar-refractivity contribution in [1.82, 2.24) is 0 Å². The van der Waals surface area contributed by atoms with Crippen LogP contribution in [-0.4, -0.2) is 23.0 Å². The van der Waals surface area contributed by atoms with Crippen LogP contribution in [0.25, 0.3) is 0 Å². The lowest BCUT2D eigenvalue weighted by atomic mass is 10.1. The molecule has 0 bridgehead atoms. The van der Waals surface area contributed by atoms with Gasteiger partial charge < -0.3 is 4.90 Å². The van der Waals surface area contributed by atoms with E-state index in [4.69, 9.17) is 0 Å². The van der Waals surface area contributed by atoms with E-state index in [0.29, 0.717) is 5.92 Å². The number of carbonyl (C=O) groups excluding carboxylic acids is 1. The average molecular weight is 314 g/mol. The van der Waals surface area contributed by atoms with Gasteiger partial charge >= 0.3 is 0 Å². The van der Waals surface area contributed by atoms with Gasteiger partial charge in [-0.05, 0) is 18.1 Å². The molecule has 1 aromatic carbocycles. The monoisotopic (exact) mass is 313 g/mol. The minimum absolute atomic E-state index is 0.0985. The van der Waals surface area contributed by atoms with Gasteiger partial charge in [-0.3, -0.25) is 4.79 Å². The molecule has 1 aliphatic rings. The summed E-state index contributed by atoms with van der Waals surface area (Å²) < 4.78 is 0. The molecule has 0 aromatic heterocycles. The van der Waals surface area contributed by atoms with Gasteiger partial charge in [-0.2, -0.15) is 0 Å². The van der Waals surface area contributed by atoms with Crippen LogP contribution in [0.15, 0.2) is 29.2 Å². The zero-order valence-electron chi connectivity index (χ0n) is 10.0. The number of carbonyl (C=O) groups is 1. The van der Waals surface area contributed by atoms with E-state index in [1.165, 1.54) is 4.90 Å². The fourth-order valence-electron chi connectivity index (χ4n) is 1.83. The molecule has 0 aliphatic carbocycles. The maximum absolute atomic E-state index is 12.4. The van der Waals surface area contributed by atoms with Crippen molar-refractivity contribution in [2.24, 2.45) is 5.92 Å². The first-order valence-electron chi connectivity index (χ1n) is 5.78. The van der Waals surface area contributed by atoms with Crippen LogP contribution in [0.2, 0.25) is 0 Å². The Morgan fingerprint density at radius 1 is 1.41 bits per heavy atom. The van der Waals surface area contributed by atoms with Crippen molar-refractivity contribution in [2.75, 3.05) is 17.2 Å². The quantitative estimate of drug-likeness (QED) is 0.778. The number of hydrogen-bond donors (Lipinski definition) is 0. The Kier molecular flexibility index (Phi) is 4.15. The van der Waals surface area contributed by atoms with Crippen LogP contribution in [0.3, 0.4) is 0 Å². The Labute approximate surface area is 115 Å². The zero-order valence-corrected chi connectivity index (χ0v) is 12.4. The summed E-state index contributed by atoms with van der Waals surface area (Å²) in [5.41, 5.74) is 1.05. The van der Waals surface area contributed by atoms with Gasteiger partial charge in [0.25, 0.3) is 0 Å². The maximum atomic E-state index is 12.4. The third-order valence-electron chi connectivity index (χ3n) is 2.82. The number of amides is 1. The molecule has 4 heteroatoms. The minimum Gasteiger partial charge on any atom is -0.309 e. The van der Waals surface area contributed by atoms with Gasteiger partial charge in [0.05, 0.1) is 10.5 Å². The van der Waals surface area contributed by atoms with E-state index in [9.17, 15) is 4.79 Å². The summed E-state index contributed by atoms with van der Waals surface area (Å²) >= 11 is 5.32. The summed E-state index contributed by atoms with van der Waals surface area (Å²) in [6.45, 7) is 4.92. The predicted octanol–water partition coefficient (Wildman–Crippen LogP) is 3.54. The molecule has 2 rings (SSSR count). The first-order chi connectivity index (χ1) is 8.11. The summed E-state index contributed by atoms with van der Waals surface area (Å²) in [4.78, 5) is 15.4. The van der Waals surface area contributed by atoms with E-state index >= 15 is 0 Å². The lowest BCUT2D eigenvalue weighted by molar-refractivity contribution is -0.118. The molecule has 1 atom stereocenters. The smallest absolute Gasteiger partial charge is 0.241 e. The van der Waals surface area contributed by atoms with Crippen LogP contribution in [0, 0.1) is 5.92 Å². The Morgan fingerprint density at radius 2 is 2.12 bits per heavy atom. The molecule has 0 unspecified atom stereocenters. The van der Waals surface area contributed by atoms with Gasteiger partial charge in [-0.25, -0.2) is 0 Å². The van der Waals surface area contributed by atoms with Crippen LogP contribution < -0.4 is 4.90 Å². The number of para-hydroxylation sites is 1. The molecule has 17 heavy (non-hydrogen) atoms. The second kappa shape index (κ2) is 5.44. The third kappa shape index (κ3) is 2.68. The van der Waals surface area contributed by atoms with E-state index in [0.717, 1.165) is 18.0 Å². The van der Waals surface area contributed by atoms with Crippen molar-refractivity contribution < 1.29 is 4.79 Å². The van der Waals surface area contributed by atoms with Gasteiger partial charge in [-0.1, -0.05) is 41.9 Å². The molecule has 0 N–H and O–H groups in total. The highest BCUT2D eigenvalue weighted by Crippen LogP contribution is 2.35. The highest BCUT2D eigenvalue weighted by atomic mass is 79.9. The van der Waals surface area contributed by atoms with Crippen molar-refractivity contribution in [1.29, 1.82) is 0 Å². The van der Waals surface area contributed by atoms with E-state index in [1.807, 2.05) is 34.9 Å². The molecular formula is C13H16BrNOS. The fraction of sp³-hybridized carbons (Fsp3) is 0.462. The molecule has 2 nitrogen and oxygen atoms in total. The summed E-state index contributed by atoms with van der Waals surface area (Å²) in [7, 11) is 0. The third-order valence-corrected chi connectivity index (χ3v) is 5.31. The first-order valence-corrected chi connectivity index (χ1v) is 7.68. The molecule has 0 saturated carbocycles. The number of rotatable bonds is 2. The number of halogens is 1. The molecule has 0 radical (unpaired) electrons. The molecule has 1 heterocycles. The highest BCUT2D eigenvalue weighted by Gasteiger charge is 2.28. The topological polar surface area (TPSA) is 20.3 Å². The molecular weight excluding hydrogens is 298 g/mol. The van der Waals surface area contributed by atoms with Crippen molar-refractivity contribution in [2.45, 2.75) is 23.6 Å². The molecule has 1 aromatic rings. The molecule has 0 saturated heterocycles. The lowest BCUT2D eigenvalue weighted by Crippen LogP contribution is -2.41. The molecule has 1 aliphatic heterocycles.